The minimum atomic E-state index is -5.89. The Morgan fingerprint density at radius 1 is 0.510 bits per heavy atom. The molecule has 5 rings (SSSR count). The Hall–Kier alpha value is -5.66. The van der Waals surface area contributed by atoms with Crippen molar-refractivity contribution in [3.05, 3.63) is 68.4 Å². The lowest BCUT2D eigenvalue weighted by molar-refractivity contribution is -0.300. The van der Waals surface area contributed by atoms with Crippen LogP contribution >= 0.6 is 11.3 Å². The summed E-state index contributed by atoms with van der Waals surface area (Å²) in [7, 11) is 0. The van der Waals surface area contributed by atoms with Crippen LogP contribution in [0.5, 0.6) is 11.5 Å². The molecule has 1 aromatic heterocycles. The van der Waals surface area contributed by atoms with Crippen molar-refractivity contribution in [2.75, 3.05) is 0 Å². The topological polar surface area (TPSA) is 114 Å². The number of fused-ring (bicyclic) bond motifs is 7. The van der Waals surface area contributed by atoms with E-state index < -0.39 is 59.6 Å². The molecule has 0 amide bonds. The van der Waals surface area contributed by atoms with Gasteiger partial charge in [-0.1, -0.05) is 0 Å². The van der Waals surface area contributed by atoms with E-state index in [9.17, 15) is 73.7 Å². The zero-order chi connectivity index (χ0) is 36.4. The Balaban J connectivity index is 1.75. The van der Waals surface area contributed by atoms with Crippen LogP contribution in [-0.4, -0.2) is 36.9 Å². The molecule has 49 heavy (non-hydrogen) atoms. The van der Waals surface area contributed by atoms with E-state index in [0.717, 1.165) is 36.4 Å². The van der Waals surface area contributed by atoms with E-state index in [2.05, 4.69) is 9.47 Å². The minimum Gasteiger partial charge on any atom is -0.471 e. The van der Waals surface area contributed by atoms with E-state index in [4.69, 9.17) is 0 Å². The van der Waals surface area contributed by atoms with Crippen molar-refractivity contribution >= 4 is 22.5 Å². The normalized spacial score (nSPS) is 13.5. The van der Waals surface area contributed by atoms with E-state index in [-0.39, 0.29) is 54.3 Å². The second-order valence-corrected chi connectivity index (χ2v) is 11.1. The molecule has 0 fully saturated rings. The van der Waals surface area contributed by atoms with Crippen molar-refractivity contribution < 1.29 is 62.2 Å². The van der Waals surface area contributed by atoms with Crippen LogP contribution in [0.25, 0.3) is 33.4 Å². The lowest BCUT2D eigenvalue weighted by Crippen LogP contribution is -2.46. The van der Waals surface area contributed by atoms with E-state index in [1.807, 2.05) is 0 Å². The van der Waals surface area contributed by atoms with E-state index in [1.54, 1.807) is 24.3 Å². The van der Waals surface area contributed by atoms with Crippen molar-refractivity contribution in [1.82, 2.24) is 0 Å². The van der Waals surface area contributed by atoms with Gasteiger partial charge >= 0.3 is 24.7 Å². The molecule has 2 aliphatic carbocycles. The number of thiophene rings is 1. The zero-order valence-corrected chi connectivity index (χ0v) is 24.0. The van der Waals surface area contributed by atoms with Gasteiger partial charge < -0.3 is 9.47 Å². The highest BCUT2D eigenvalue weighted by Crippen LogP contribution is 2.62. The number of rotatable bonds is 4. The number of nitriles is 4. The molecular formula is C30H8F12N4O2S. The molecule has 0 saturated heterocycles. The molecule has 0 bridgehead atoms. The van der Waals surface area contributed by atoms with Crippen LogP contribution in [0.15, 0.2) is 47.5 Å². The summed E-state index contributed by atoms with van der Waals surface area (Å²) in [6.07, 6.45) is -32.1. The molecule has 6 nitrogen and oxygen atoms in total. The van der Waals surface area contributed by atoms with Gasteiger partial charge in [0.25, 0.3) is 12.2 Å². The number of hydrogen-bond acceptors (Lipinski definition) is 7. The quantitative estimate of drug-likeness (QED) is 0.135. The molecule has 0 saturated carbocycles. The first-order valence-corrected chi connectivity index (χ1v) is 13.6. The highest BCUT2D eigenvalue weighted by Gasteiger charge is 2.60. The maximum atomic E-state index is 13.2. The molecule has 0 spiro atoms. The van der Waals surface area contributed by atoms with Gasteiger partial charge in [0.2, 0.25) is 0 Å². The summed E-state index contributed by atoms with van der Waals surface area (Å²) in [5, 5.41) is 38.7. The second-order valence-electron chi connectivity index (χ2n) is 10.0. The number of hydrogen-bond donors (Lipinski definition) is 0. The fourth-order valence-corrected chi connectivity index (χ4v) is 6.73. The molecule has 2 aromatic carbocycles. The molecule has 1 heterocycles. The number of ether oxygens (including phenoxy) is 2. The van der Waals surface area contributed by atoms with Crippen molar-refractivity contribution in [1.29, 1.82) is 21.0 Å². The van der Waals surface area contributed by atoms with E-state index >= 15 is 0 Å². The predicted molar refractivity (Wildman–Crippen MR) is 143 cm³/mol. The Labute approximate surface area is 269 Å². The summed E-state index contributed by atoms with van der Waals surface area (Å²) < 4.78 is 167. The number of allylic oxidation sites excluding steroid dienone is 2. The predicted octanol–water partition coefficient (Wildman–Crippen LogP) is 9.15. The fourth-order valence-electron chi connectivity index (χ4n) is 5.27. The van der Waals surface area contributed by atoms with Crippen LogP contribution in [0.4, 0.5) is 52.7 Å². The summed E-state index contributed by atoms with van der Waals surface area (Å²) >= 11 is 0.693. The van der Waals surface area contributed by atoms with Crippen LogP contribution in [-0.2, 0) is 0 Å². The van der Waals surface area contributed by atoms with Crippen LogP contribution in [0, 0.1) is 45.3 Å². The lowest BCUT2D eigenvalue weighted by Gasteiger charge is -2.24. The maximum absolute atomic E-state index is 13.2. The SMILES string of the molecule is N#CC(C#N)=C1c2cc(OC(C(F)(F)F)C(F)(F)F)ccc2-c2c1sc1c2-c2ccc(OC(C(F)(F)F)C(F)(F)F)cc2C1=C(C#N)C#N. The van der Waals surface area contributed by atoms with Gasteiger partial charge in [-0.2, -0.15) is 73.7 Å². The van der Waals surface area contributed by atoms with Gasteiger partial charge in [0.1, 0.15) is 46.9 Å². The smallest absolute Gasteiger partial charge is 0.434 e. The molecular weight excluding hydrogens is 708 g/mol. The van der Waals surface area contributed by atoms with E-state index in [0.29, 0.717) is 11.3 Å². The summed E-state index contributed by atoms with van der Waals surface area (Å²) in [4.78, 5) is 0.0673. The van der Waals surface area contributed by atoms with Crippen LogP contribution in [0.3, 0.4) is 0 Å². The molecule has 0 unspecified atom stereocenters. The maximum Gasteiger partial charge on any atom is 0.434 e. The first-order chi connectivity index (χ1) is 22.7. The third kappa shape index (κ3) is 5.87. The first kappa shape index (κ1) is 34.7. The summed E-state index contributed by atoms with van der Waals surface area (Å²) in [6.45, 7) is 0. The van der Waals surface area contributed by atoms with Crippen molar-refractivity contribution in [3.63, 3.8) is 0 Å². The Morgan fingerprint density at radius 3 is 1.08 bits per heavy atom. The molecule has 250 valence electrons. The number of halogens is 12. The van der Waals surface area contributed by atoms with Gasteiger partial charge in [-0.25, -0.2) is 0 Å². The van der Waals surface area contributed by atoms with Gasteiger partial charge in [0.05, 0.1) is 0 Å². The summed E-state index contributed by atoms with van der Waals surface area (Å²) in [5.41, 5.74) is -2.05. The molecule has 0 N–H and O–H groups in total. The Bertz CT molecular complexity index is 1930. The number of nitrogens with zero attached hydrogens (tertiary/aromatic N) is 4. The van der Waals surface area contributed by atoms with Gasteiger partial charge in [-0.15, -0.1) is 11.3 Å². The average Bonchev–Trinajstić information content (AvgIpc) is 3.60. The number of alkyl halides is 12. The standard InChI is InChI=1S/C30H8F12N4O2S/c31-27(32,33)25(28(34,35)36)47-13-1-3-15-17(5-13)19(11(7-43)8-44)23-21(15)22-16-4-2-14(48-26(29(37,38)39)30(40,41)42)6-18(16)20(24(22)49-23)12(9-45)10-46/h1-6,25-26H. The van der Waals surface area contributed by atoms with Crippen LogP contribution < -0.4 is 9.47 Å². The van der Waals surface area contributed by atoms with Crippen molar-refractivity contribution in [3.8, 4) is 58.0 Å². The summed E-state index contributed by atoms with van der Waals surface area (Å²) in [6, 6.07) is 11.3. The third-order valence-corrected chi connectivity index (χ3v) is 8.29. The monoisotopic (exact) mass is 716 g/mol. The van der Waals surface area contributed by atoms with Gasteiger partial charge in [0.15, 0.2) is 0 Å². The first-order valence-electron chi connectivity index (χ1n) is 12.8. The van der Waals surface area contributed by atoms with Gasteiger partial charge in [-0.05, 0) is 58.7 Å². The average molecular weight is 716 g/mol. The Kier molecular flexibility index (Phi) is 8.13. The highest BCUT2D eigenvalue weighted by atomic mass is 32.1. The van der Waals surface area contributed by atoms with Gasteiger partial charge in [-0.3, -0.25) is 0 Å². The van der Waals surface area contributed by atoms with Crippen LogP contribution in [0.1, 0.15) is 20.9 Å². The zero-order valence-electron chi connectivity index (χ0n) is 23.2. The van der Waals surface area contributed by atoms with Crippen molar-refractivity contribution in [2.24, 2.45) is 0 Å². The molecule has 0 radical (unpaired) electrons. The second kappa shape index (κ2) is 11.5. The largest absolute Gasteiger partial charge is 0.471 e. The molecule has 19 heteroatoms. The minimum absolute atomic E-state index is 0.0191. The molecule has 3 aromatic rings. The number of benzene rings is 2. The molecule has 2 aliphatic rings. The molecule has 0 atom stereocenters. The third-order valence-electron chi connectivity index (χ3n) is 7.07. The Morgan fingerprint density at radius 2 is 0.816 bits per heavy atom. The van der Waals surface area contributed by atoms with E-state index in [1.165, 1.54) is 0 Å². The van der Waals surface area contributed by atoms with Crippen molar-refractivity contribution in [2.45, 2.75) is 36.9 Å². The fraction of sp³-hybridized carbons (Fsp3) is 0.200. The van der Waals surface area contributed by atoms with Gasteiger partial charge in [0, 0.05) is 32.0 Å². The summed E-state index contributed by atoms with van der Waals surface area (Å²) in [5.74, 6) is -1.92. The highest BCUT2D eigenvalue weighted by molar-refractivity contribution is 7.16. The molecule has 0 aliphatic heterocycles. The van der Waals surface area contributed by atoms with Crippen LogP contribution in [0.2, 0.25) is 0 Å². The lowest BCUT2D eigenvalue weighted by atomic mass is 9.98.